The monoisotopic (exact) mass is 127 g/mol. The molecule has 1 aliphatic rings. The van der Waals surface area contributed by atoms with E-state index in [4.69, 9.17) is 0 Å². The number of hydrogen-bond acceptors (Lipinski definition) is 1. The zero-order valence-electron chi connectivity index (χ0n) is 6.70. The second kappa shape index (κ2) is 2.30. The van der Waals surface area contributed by atoms with Gasteiger partial charge in [-0.25, -0.2) is 0 Å². The van der Waals surface area contributed by atoms with E-state index in [9.17, 15) is 0 Å². The van der Waals surface area contributed by atoms with Crippen molar-refractivity contribution in [1.82, 2.24) is 5.32 Å². The molecule has 1 atom stereocenters. The Kier molecular flexibility index (Phi) is 1.80. The van der Waals surface area contributed by atoms with E-state index in [-0.39, 0.29) is 0 Å². The summed E-state index contributed by atoms with van der Waals surface area (Å²) in [5, 5.41) is 3.26. The highest BCUT2D eigenvalue weighted by atomic mass is 14.9. The lowest BCUT2D eigenvalue weighted by Crippen LogP contribution is -2.23. The summed E-state index contributed by atoms with van der Waals surface area (Å²) < 4.78 is 0. The zero-order chi connectivity index (χ0) is 6.91. The molecule has 0 radical (unpaired) electrons. The summed E-state index contributed by atoms with van der Waals surface area (Å²) in [4.78, 5) is 0. The first-order valence-electron chi connectivity index (χ1n) is 3.83. The van der Waals surface area contributed by atoms with Gasteiger partial charge in [-0.1, -0.05) is 6.92 Å². The smallest absolute Gasteiger partial charge is 0.00409 e. The summed E-state index contributed by atoms with van der Waals surface area (Å²) in [6.45, 7) is 4.63. The van der Waals surface area contributed by atoms with Crippen LogP contribution in [-0.4, -0.2) is 13.1 Å². The minimum atomic E-state index is 0.706. The topological polar surface area (TPSA) is 12.0 Å². The fourth-order valence-corrected chi connectivity index (χ4v) is 1.26. The largest absolute Gasteiger partial charge is 0.317 e. The van der Waals surface area contributed by atoms with E-state index < -0.39 is 0 Å². The first-order chi connectivity index (χ1) is 4.16. The van der Waals surface area contributed by atoms with Crippen LogP contribution in [0.3, 0.4) is 0 Å². The molecule has 1 heteroatoms. The lowest BCUT2D eigenvalue weighted by Gasteiger charge is -2.14. The Hall–Kier alpha value is -0.0400. The highest BCUT2D eigenvalue weighted by molar-refractivity contribution is 4.90. The van der Waals surface area contributed by atoms with Crippen molar-refractivity contribution in [2.75, 3.05) is 7.05 Å². The average Bonchev–Trinajstić information content (AvgIpc) is 2.48. The van der Waals surface area contributed by atoms with Crippen molar-refractivity contribution in [1.29, 1.82) is 0 Å². The molecule has 0 bridgehead atoms. The van der Waals surface area contributed by atoms with Crippen molar-refractivity contribution >= 4 is 0 Å². The molecule has 0 heterocycles. The third-order valence-corrected chi connectivity index (χ3v) is 2.40. The summed E-state index contributed by atoms with van der Waals surface area (Å²) in [6, 6.07) is 0.706. The summed E-state index contributed by atoms with van der Waals surface area (Å²) in [6.07, 6.45) is 4.24. The fraction of sp³-hybridized carbons (Fsp3) is 1.00. The first-order valence-corrected chi connectivity index (χ1v) is 3.83. The second-order valence-corrected chi connectivity index (χ2v) is 3.70. The molecular weight excluding hydrogens is 110 g/mol. The lowest BCUT2D eigenvalue weighted by molar-refractivity contribution is 0.426. The normalized spacial score (nSPS) is 25.7. The molecule has 1 nitrogen and oxygen atoms in total. The van der Waals surface area contributed by atoms with Gasteiger partial charge in [-0.2, -0.15) is 0 Å². The third kappa shape index (κ3) is 1.98. The van der Waals surface area contributed by atoms with Crippen LogP contribution < -0.4 is 5.32 Å². The van der Waals surface area contributed by atoms with Crippen LogP contribution in [0, 0.1) is 5.41 Å². The van der Waals surface area contributed by atoms with Gasteiger partial charge in [0, 0.05) is 6.04 Å². The van der Waals surface area contributed by atoms with Gasteiger partial charge in [0.1, 0.15) is 0 Å². The van der Waals surface area contributed by atoms with Gasteiger partial charge in [0.05, 0.1) is 0 Å². The van der Waals surface area contributed by atoms with Crippen LogP contribution in [0.15, 0.2) is 0 Å². The van der Waals surface area contributed by atoms with Gasteiger partial charge in [0.15, 0.2) is 0 Å². The summed E-state index contributed by atoms with van der Waals surface area (Å²) in [5.74, 6) is 0. The molecule has 0 spiro atoms. The zero-order valence-corrected chi connectivity index (χ0v) is 6.70. The Morgan fingerprint density at radius 2 is 2.11 bits per heavy atom. The maximum absolute atomic E-state index is 3.26. The molecule has 0 aromatic carbocycles. The van der Waals surface area contributed by atoms with Crippen LogP contribution in [0.1, 0.15) is 33.1 Å². The van der Waals surface area contributed by atoms with Crippen molar-refractivity contribution in [2.24, 2.45) is 5.41 Å². The molecule has 0 aromatic heterocycles. The van der Waals surface area contributed by atoms with Crippen molar-refractivity contribution < 1.29 is 0 Å². The Morgan fingerprint density at radius 3 is 2.44 bits per heavy atom. The molecule has 1 unspecified atom stereocenters. The van der Waals surface area contributed by atoms with Crippen LogP contribution in [0.4, 0.5) is 0 Å². The van der Waals surface area contributed by atoms with Gasteiger partial charge in [-0.15, -0.1) is 0 Å². The van der Waals surface area contributed by atoms with Gasteiger partial charge in [0.2, 0.25) is 0 Å². The average molecular weight is 127 g/mol. The maximum atomic E-state index is 3.26. The van der Waals surface area contributed by atoms with E-state index in [1.807, 2.05) is 7.05 Å². The fourth-order valence-electron chi connectivity index (χ4n) is 1.26. The number of rotatable bonds is 3. The highest BCUT2D eigenvalue weighted by Gasteiger charge is 2.37. The SMILES string of the molecule is CNC(C)CC1(C)CC1. The van der Waals surface area contributed by atoms with Gasteiger partial charge in [-0.05, 0) is 38.6 Å². The molecule has 0 aliphatic heterocycles. The molecule has 54 valence electrons. The molecule has 1 N–H and O–H groups in total. The Labute approximate surface area is 57.8 Å². The minimum Gasteiger partial charge on any atom is -0.317 e. The van der Waals surface area contributed by atoms with Crippen molar-refractivity contribution in [3.63, 3.8) is 0 Å². The van der Waals surface area contributed by atoms with E-state index in [1.54, 1.807) is 0 Å². The molecule has 0 saturated heterocycles. The minimum absolute atomic E-state index is 0.706. The summed E-state index contributed by atoms with van der Waals surface area (Å²) in [5.41, 5.74) is 0.711. The van der Waals surface area contributed by atoms with E-state index in [0.29, 0.717) is 11.5 Å². The van der Waals surface area contributed by atoms with E-state index in [0.717, 1.165) is 0 Å². The molecule has 1 fully saturated rings. The Morgan fingerprint density at radius 1 is 1.56 bits per heavy atom. The maximum Gasteiger partial charge on any atom is 0.00409 e. The van der Waals surface area contributed by atoms with Gasteiger partial charge in [-0.3, -0.25) is 0 Å². The molecule has 0 amide bonds. The van der Waals surface area contributed by atoms with Crippen LogP contribution >= 0.6 is 0 Å². The summed E-state index contributed by atoms with van der Waals surface area (Å²) in [7, 11) is 2.04. The van der Waals surface area contributed by atoms with E-state index in [1.165, 1.54) is 19.3 Å². The molecule has 1 rings (SSSR count). The highest BCUT2D eigenvalue weighted by Crippen LogP contribution is 2.48. The second-order valence-electron chi connectivity index (χ2n) is 3.70. The first kappa shape index (κ1) is 7.07. The molecule has 1 saturated carbocycles. The van der Waals surface area contributed by atoms with Crippen molar-refractivity contribution in [3.8, 4) is 0 Å². The van der Waals surface area contributed by atoms with Crippen LogP contribution in [0.2, 0.25) is 0 Å². The van der Waals surface area contributed by atoms with Gasteiger partial charge in [0.25, 0.3) is 0 Å². The molecule has 1 aliphatic carbocycles. The lowest BCUT2D eigenvalue weighted by atomic mass is 10.0. The van der Waals surface area contributed by atoms with Crippen LogP contribution in [0.5, 0.6) is 0 Å². The van der Waals surface area contributed by atoms with E-state index in [2.05, 4.69) is 19.2 Å². The Bertz CT molecular complexity index is 94.7. The molecule has 9 heavy (non-hydrogen) atoms. The number of nitrogens with one attached hydrogen (secondary N) is 1. The molecule has 0 aromatic rings. The predicted molar refractivity (Wildman–Crippen MR) is 40.5 cm³/mol. The Balaban J connectivity index is 2.17. The quantitative estimate of drug-likeness (QED) is 0.609. The van der Waals surface area contributed by atoms with Gasteiger partial charge >= 0.3 is 0 Å². The van der Waals surface area contributed by atoms with E-state index >= 15 is 0 Å². The number of hydrogen-bond donors (Lipinski definition) is 1. The van der Waals surface area contributed by atoms with Gasteiger partial charge < -0.3 is 5.32 Å². The molecular formula is C8H17N. The standard InChI is InChI=1S/C8H17N/c1-7(9-3)6-8(2)4-5-8/h7,9H,4-6H2,1-3H3. The predicted octanol–water partition coefficient (Wildman–Crippen LogP) is 1.78. The van der Waals surface area contributed by atoms with Crippen molar-refractivity contribution in [2.45, 2.75) is 39.2 Å². The van der Waals surface area contributed by atoms with Crippen LogP contribution in [0.25, 0.3) is 0 Å². The summed E-state index contributed by atoms with van der Waals surface area (Å²) >= 11 is 0. The van der Waals surface area contributed by atoms with Crippen LogP contribution in [-0.2, 0) is 0 Å². The van der Waals surface area contributed by atoms with Crippen molar-refractivity contribution in [3.05, 3.63) is 0 Å². The third-order valence-electron chi connectivity index (χ3n) is 2.40.